The number of nitrogens with two attached hydrogens (primary N) is 1. The number of anilines is 2. The molecular formula is C33H38ClF3N8O4. The Labute approximate surface area is 286 Å². The van der Waals surface area contributed by atoms with Crippen LogP contribution in [0.3, 0.4) is 0 Å². The average molecular weight is 703 g/mol. The highest BCUT2D eigenvalue weighted by atomic mass is 35.5. The molecular weight excluding hydrogens is 665 g/mol. The largest absolute Gasteiger partial charge is 0.489 e. The highest BCUT2D eigenvalue weighted by Crippen LogP contribution is 2.49. The van der Waals surface area contributed by atoms with Crippen molar-refractivity contribution in [2.45, 2.75) is 62.6 Å². The molecule has 0 bridgehead atoms. The molecule has 1 aromatic carbocycles. The van der Waals surface area contributed by atoms with Crippen molar-refractivity contribution in [3.63, 3.8) is 0 Å². The van der Waals surface area contributed by atoms with E-state index in [9.17, 15) is 18.0 Å². The number of alkyl halides is 3. The summed E-state index contributed by atoms with van der Waals surface area (Å²) < 4.78 is 62.2. The molecule has 4 saturated heterocycles. The van der Waals surface area contributed by atoms with E-state index in [1.165, 1.54) is 19.1 Å². The molecule has 7 heterocycles. The van der Waals surface area contributed by atoms with Gasteiger partial charge in [0.2, 0.25) is 0 Å². The zero-order valence-corrected chi connectivity index (χ0v) is 28.0. The quantitative estimate of drug-likeness (QED) is 0.404. The van der Waals surface area contributed by atoms with Gasteiger partial charge in [-0.25, -0.2) is 4.98 Å². The number of aromatic nitrogens is 3. The summed E-state index contributed by atoms with van der Waals surface area (Å²) in [7, 11) is 2.04. The molecule has 12 nitrogen and oxygen atoms in total. The second kappa shape index (κ2) is 12.0. The van der Waals surface area contributed by atoms with Crippen LogP contribution in [0.5, 0.6) is 11.8 Å². The van der Waals surface area contributed by atoms with E-state index in [0.29, 0.717) is 49.4 Å². The molecule has 5 aliphatic rings. The van der Waals surface area contributed by atoms with Gasteiger partial charge in [-0.05, 0) is 63.9 Å². The first-order valence-electron chi connectivity index (χ1n) is 16.7. The number of hydrogen-bond acceptors (Lipinski definition) is 11. The first-order valence-corrected chi connectivity index (χ1v) is 17.1. The number of hydrogen-bond donors (Lipinski definition) is 2. The number of fused-ring (bicyclic) bond motifs is 2. The lowest BCUT2D eigenvalue weighted by Crippen LogP contribution is -2.61. The monoisotopic (exact) mass is 702 g/mol. The Morgan fingerprint density at radius 1 is 1.18 bits per heavy atom. The number of piperazine rings is 1. The predicted octanol–water partition coefficient (Wildman–Crippen LogP) is 3.66. The summed E-state index contributed by atoms with van der Waals surface area (Å²) in [6, 6.07) is 2.60. The third-order valence-electron chi connectivity index (χ3n) is 10.6. The van der Waals surface area contributed by atoms with Crippen LogP contribution in [-0.4, -0.2) is 114 Å². The lowest BCUT2D eigenvalue weighted by molar-refractivity contribution is -0.152. The van der Waals surface area contributed by atoms with Gasteiger partial charge >= 0.3 is 12.2 Å². The van der Waals surface area contributed by atoms with Crippen molar-refractivity contribution in [3.05, 3.63) is 28.3 Å². The van der Waals surface area contributed by atoms with Gasteiger partial charge in [0.05, 0.1) is 38.8 Å². The Hall–Kier alpha value is -3.66. The summed E-state index contributed by atoms with van der Waals surface area (Å²) in [6.07, 6.45) is -1.69. The number of nitrogen functional groups attached to an aromatic ring is 1. The van der Waals surface area contributed by atoms with Crippen LogP contribution < -0.4 is 25.4 Å². The zero-order valence-electron chi connectivity index (χ0n) is 27.3. The molecule has 5 aliphatic heterocycles. The van der Waals surface area contributed by atoms with Crippen LogP contribution in [-0.2, 0) is 15.7 Å². The van der Waals surface area contributed by atoms with Crippen molar-refractivity contribution in [3.8, 4) is 23.0 Å². The molecule has 2 aromatic heterocycles. The second-order valence-corrected chi connectivity index (χ2v) is 14.2. The summed E-state index contributed by atoms with van der Waals surface area (Å²) >= 11 is 6.97. The number of likely N-dealkylation sites (N-methyl/N-ethyl adjacent to an activating group) is 1. The number of nitrogens with one attached hydrogen (secondary N) is 1. The van der Waals surface area contributed by atoms with Crippen LogP contribution in [0.1, 0.15) is 36.8 Å². The van der Waals surface area contributed by atoms with Gasteiger partial charge in [-0.1, -0.05) is 11.6 Å². The molecule has 3 N–H and O–H groups in total. The van der Waals surface area contributed by atoms with Crippen molar-refractivity contribution >= 4 is 40.0 Å². The number of nitrogens with zero attached hydrogens (tertiary/aromatic N) is 6. The van der Waals surface area contributed by atoms with Gasteiger partial charge < -0.3 is 40.0 Å². The van der Waals surface area contributed by atoms with Gasteiger partial charge in [0.25, 0.3) is 5.91 Å². The summed E-state index contributed by atoms with van der Waals surface area (Å²) in [6.45, 7) is 5.45. The molecule has 1 spiro atoms. The molecule has 8 rings (SSSR count). The number of aryl methyl sites for hydroxylation is 1. The van der Waals surface area contributed by atoms with Crippen LogP contribution in [0.4, 0.5) is 24.8 Å². The minimum atomic E-state index is -4.74. The van der Waals surface area contributed by atoms with Crippen molar-refractivity contribution in [1.82, 2.24) is 30.1 Å². The minimum absolute atomic E-state index is 0.0208. The summed E-state index contributed by atoms with van der Waals surface area (Å²) in [5, 5.41) is 3.63. The molecule has 3 aromatic rings. The Balaban J connectivity index is 1.19. The fourth-order valence-electron chi connectivity index (χ4n) is 7.90. The van der Waals surface area contributed by atoms with E-state index in [4.69, 9.17) is 36.5 Å². The second-order valence-electron chi connectivity index (χ2n) is 13.8. The lowest BCUT2D eigenvalue weighted by atomic mass is 9.93. The normalized spacial score (nSPS) is 24.9. The van der Waals surface area contributed by atoms with Gasteiger partial charge in [-0.2, -0.15) is 23.1 Å². The number of amides is 1. The number of rotatable bonds is 5. The number of benzene rings is 1. The molecule has 16 heteroatoms. The molecule has 262 valence electrons. The third-order valence-corrected chi connectivity index (χ3v) is 11.0. The van der Waals surface area contributed by atoms with Crippen LogP contribution in [0.15, 0.2) is 12.1 Å². The summed E-state index contributed by atoms with van der Waals surface area (Å²) in [5.41, 5.74) is 4.55. The van der Waals surface area contributed by atoms with Gasteiger partial charge in [0.15, 0.2) is 5.75 Å². The van der Waals surface area contributed by atoms with E-state index in [1.807, 2.05) is 11.9 Å². The number of ether oxygens (including phenoxy) is 3. The Morgan fingerprint density at radius 3 is 2.69 bits per heavy atom. The van der Waals surface area contributed by atoms with Crippen LogP contribution in [0.2, 0.25) is 5.02 Å². The molecule has 0 saturated carbocycles. The highest BCUT2D eigenvalue weighted by molar-refractivity contribution is 6.36. The van der Waals surface area contributed by atoms with E-state index >= 15 is 0 Å². The maximum Gasteiger partial charge on any atom is 0.418 e. The molecule has 3 atom stereocenters. The van der Waals surface area contributed by atoms with Crippen LogP contribution in [0.25, 0.3) is 22.2 Å². The van der Waals surface area contributed by atoms with Crippen LogP contribution in [0, 0.1) is 6.92 Å². The zero-order chi connectivity index (χ0) is 34.2. The highest BCUT2D eigenvalue weighted by Gasteiger charge is 2.49. The Kier molecular flexibility index (Phi) is 7.96. The minimum Gasteiger partial charge on any atom is -0.489 e. The number of halogens is 4. The van der Waals surface area contributed by atoms with Crippen molar-refractivity contribution < 1.29 is 32.2 Å². The molecule has 1 amide bonds. The maximum atomic E-state index is 14.5. The fraction of sp³-hybridized carbons (Fsp3) is 0.576. The standard InChI is InChI=1S/C33H38ClF3N8O4/c1-17-10-23(38)41-27(25(17)33(35,36)37)20-11-21-24-28(26(20)34)47-14-19-12-44(30(46)22-5-6-32(49-22)15-39-16-32)8-9-45(19)29(24)42-31(40-21)48-13-18-4-3-7-43(18)2/h10-11,18-19,22,39H,3-9,12-16H2,1-2H3,(H2,38,41)/t18-,19-,22?/m0/s1. The van der Waals surface area contributed by atoms with Gasteiger partial charge in [0, 0.05) is 44.3 Å². The summed E-state index contributed by atoms with van der Waals surface area (Å²) in [5.74, 6) is 0.504. The van der Waals surface area contributed by atoms with E-state index in [-0.39, 0.29) is 63.9 Å². The lowest BCUT2D eigenvalue weighted by Gasteiger charge is -2.42. The van der Waals surface area contributed by atoms with Crippen molar-refractivity contribution in [2.75, 3.05) is 70.2 Å². The van der Waals surface area contributed by atoms with Gasteiger partial charge in [-0.15, -0.1) is 0 Å². The van der Waals surface area contributed by atoms with E-state index < -0.39 is 23.5 Å². The molecule has 0 radical (unpaired) electrons. The Bertz CT molecular complexity index is 1830. The van der Waals surface area contributed by atoms with Crippen molar-refractivity contribution in [1.29, 1.82) is 0 Å². The number of pyridine rings is 1. The van der Waals surface area contributed by atoms with Gasteiger partial charge in [0.1, 0.15) is 31.0 Å². The van der Waals surface area contributed by atoms with Crippen LogP contribution >= 0.6 is 11.6 Å². The third kappa shape index (κ3) is 5.68. The average Bonchev–Trinajstić information content (AvgIpc) is 3.64. The number of carbonyl (C=O) groups is 1. The van der Waals surface area contributed by atoms with E-state index in [2.05, 4.69) is 25.1 Å². The maximum absolute atomic E-state index is 14.5. The summed E-state index contributed by atoms with van der Waals surface area (Å²) in [4.78, 5) is 33.4. The number of likely N-dealkylation sites (tertiary alicyclic amines) is 1. The molecule has 0 aliphatic carbocycles. The first kappa shape index (κ1) is 32.5. The smallest absolute Gasteiger partial charge is 0.418 e. The predicted molar refractivity (Wildman–Crippen MR) is 176 cm³/mol. The number of carbonyl (C=O) groups excluding carboxylic acids is 1. The fourth-order valence-corrected chi connectivity index (χ4v) is 8.20. The molecule has 4 fully saturated rings. The first-order chi connectivity index (χ1) is 23.4. The van der Waals surface area contributed by atoms with E-state index in [0.717, 1.165) is 38.9 Å². The SMILES string of the molecule is Cc1cc(N)nc(-c2cc3nc(OC[C@@H]4CCCN4C)nc4c3c(c2Cl)OC[C@@H]2CN(C(=O)C3CCC5(CNC5)O3)CCN42)c1C(F)(F)F. The Morgan fingerprint density at radius 2 is 2.00 bits per heavy atom. The van der Waals surface area contributed by atoms with E-state index in [1.54, 1.807) is 0 Å². The van der Waals surface area contributed by atoms with Gasteiger partial charge in [-0.3, -0.25) is 4.79 Å². The molecule has 49 heavy (non-hydrogen) atoms. The topological polar surface area (TPSA) is 131 Å². The van der Waals surface area contributed by atoms with Crippen molar-refractivity contribution in [2.24, 2.45) is 0 Å². The molecule has 1 unspecified atom stereocenters.